The van der Waals surface area contributed by atoms with Crippen LogP contribution in [0.4, 0.5) is 0 Å². The molecule has 20 heavy (non-hydrogen) atoms. The Kier molecular flexibility index (Phi) is 7.65. The predicted octanol–water partition coefficient (Wildman–Crippen LogP) is 5.88. The summed E-state index contributed by atoms with van der Waals surface area (Å²) < 4.78 is 1.93. The lowest BCUT2D eigenvalue weighted by molar-refractivity contribution is 0.358. The van der Waals surface area contributed by atoms with Gasteiger partial charge in [0.2, 0.25) is 5.28 Å². The molecule has 116 valence electrons. The van der Waals surface area contributed by atoms with Crippen LogP contribution >= 0.6 is 11.6 Å². The van der Waals surface area contributed by atoms with Gasteiger partial charge >= 0.3 is 0 Å². The van der Waals surface area contributed by atoms with E-state index in [4.69, 9.17) is 11.6 Å². The number of unbranched alkanes of at least 4 members (excludes halogenated alkanes) is 5. The highest BCUT2D eigenvalue weighted by molar-refractivity contribution is 6.28. The normalized spacial score (nSPS) is 14.4. The molecule has 1 rings (SSSR count). The van der Waals surface area contributed by atoms with E-state index in [-0.39, 0.29) is 5.41 Å². The van der Waals surface area contributed by atoms with E-state index in [1.54, 1.807) is 0 Å². The summed E-state index contributed by atoms with van der Waals surface area (Å²) in [6, 6.07) is 0. The molecule has 1 atom stereocenters. The van der Waals surface area contributed by atoms with E-state index in [2.05, 4.69) is 32.0 Å². The van der Waals surface area contributed by atoms with Gasteiger partial charge in [0.05, 0.1) is 5.69 Å². The van der Waals surface area contributed by atoms with Crippen LogP contribution in [0.2, 0.25) is 5.28 Å². The van der Waals surface area contributed by atoms with Crippen LogP contribution in [0.25, 0.3) is 0 Å². The van der Waals surface area contributed by atoms with Gasteiger partial charge in [0, 0.05) is 18.7 Å². The topological polar surface area (TPSA) is 17.8 Å². The zero-order valence-electron chi connectivity index (χ0n) is 13.7. The van der Waals surface area contributed by atoms with Crippen molar-refractivity contribution in [3.63, 3.8) is 0 Å². The number of halogens is 1. The van der Waals surface area contributed by atoms with Gasteiger partial charge in [-0.05, 0) is 24.4 Å². The molecule has 3 heteroatoms. The molecule has 0 aliphatic rings. The summed E-state index contributed by atoms with van der Waals surface area (Å²) in [4.78, 5) is 4.59. The molecular formula is C17H31ClN2. The summed E-state index contributed by atoms with van der Waals surface area (Å²) >= 11 is 6.13. The Morgan fingerprint density at radius 1 is 1.05 bits per heavy atom. The lowest BCUT2D eigenvalue weighted by Gasteiger charge is -2.28. The van der Waals surface area contributed by atoms with Crippen molar-refractivity contribution in [2.45, 2.75) is 84.0 Å². The van der Waals surface area contributed by atoms with Crippen LogP contribution < -0.4 is 0 Å². The van der Waals surface area contributed by atoms with Gasteiger partial charge in [0.25, 0.3) is 0 Å². The highest BCUT2D eigenvalue weighted by atomic mass is 35.5. The van der Waals surface area contributed by atoms with E-state index >= 15 is 0 Å². The molecule has 0 N–H and O–H groups in total. The molecule has 0 spiro atoms. The number of imidazole rings is 1. The van der Waals surface area contributed by atoms with Crippen LogP contribution in [0.1, 0.15) is 84.3 Å². The summed E-state index contributed by atoms with van der Waals surface area (Å²) in [7, 11) is 1.97. The molecular weight excluding hydrogens is 268 g/mol. The Bertz CT molecular complexity index is 367. The maximum atomic E-state index is 6.13. The van der Waals surface area contributed by atoms with Gasteiger partial charge in [0.15, 0.2) is 0 Å². The second-order valence-electron chi connectivity index (χ2n) is 6.33. The Balaban J connectivity index is 2.71. The Morgan fingerprint density at radius 2 is 1.60 bits per heavy atom. The highest BCUT2D eigenvalue weighted by Crippen LogP contribution is 2.35. The van der Waals surface area contributed by atoms with Crippen molar-refractivity contribution in [1.29, 1.82) is 0 Å². The van der Waals surface area contributed by atoms with E-state index in [0.29, 0.717) is 5.28 Å². The van der Waals surface area contributed by atoms with Crippen molar-refractivity contribution in [3.8, 4) is 0 Å². The average Bonchev–Trinajstić information content (AvgIpc) is 2.76. The molecule has 1 heterocycles. The third-order valence-corrected chi connectivity index (χ3v) is 4.70. The Labute approximate surface area is 129 Å². The summed E-state index contributed by atoms with van der Waals surface area (Å²) in [6.07, 6.45) is 13.7. The van der Waals surface area contributed by atoms with Crippen LogP contribution in [-0.4, -0.2) is 9.55 Å². The molecule has 1 aromatic heterocycles. The van der Waals surface area contributed by atoms with Gasteiger partial charge in [-0.1, -0.05) is 65.7 Å². The van der Waals surface area contributed by atoms with Gasteiger partial charge in [-0.25, -0.2) is 4.98 Å². The summed E-state index contributed by atoms with van der Waals surface area (Å²) in [5, 5.41) is 0.607. The molecule has 0 bridgehead atoms. The predicted molar refractivity (Wildman–Crippen MR) is 88.5 cm³/mol. The van der Waals surface area contributed by atoms with Gasteiger partial charge in [-0.3, -0.25) is 0 Å². The van der Waals surface area contributed by atoms with Crippen molar-refractivity contribution in [3.05, 3.63) is 17.2 Å². The Morgan fingerprint density at radius 3 is 2.10 bits per heavy atom. The lowest BCUT2D eigenvalue weighted by Crippen LogP contribution is -2.22. The fraction of sp³-hybridized carbons (Fsp3) is 0.824. The number of aryl methyl sites for hydroxylation is 1. The zero-order chi connectivity index (χ0) is 15.0. The molecule has 0 aliphatic carbocycles. The first-order chi connectivity index (χ1) is 9.53. The average molecular weight is 299 g/mol. The van der Waals surface area contributed by atoms with Crippen LogP contribution in [0.5, 0.6) is 0 Å². The zero-order valence-corrected chi connectivity index (χ0v) is 14.5. The van der Waals surface area contributed by atoms with Gasteiger partial charge in [-0.2, -0.15) is 0 Å². The summed E-state index contributed by atoms with van der Waals surface area (Å²) in [6.45, 7) is 6.89. The van der Waals surface area contributed by atoms with E-state index in [0.717, 1.165) is 0 Å². The monoisotopic (exact) mass is 298 g/mol. The third kappa shape index (κ3) is 5.12. The van der Waals surface area contributed by atoms with Gasteiger partial charge < -0.3 is 4.57 Å². The van der Waals surface area contributed by atoms with E-state index in [1.165, 1.54) is 63.5 Å². The quantitative estimate of drug-likeness (QED) is 0.493. The minimum Gasteiger partial charge on any atom is -0.325 e. The van der Waals surface area contributed by atoms with Crippen molar-refractivity contribution in [2.24, 2.45) is 7.05 Å². The fourth-order valence-electron chi connectivity index (χ4n) is 2.82. The maximum absolute atomic E-state index is 6.13. The molecule has 0 amide bonds. The SMILES string of the molecule is CCCCCCC(C)(CCCCC)c1cn(C)c(Cl)n1. The molecule has 0 aromatic carbocycles. The van der Waals surface area contributed by atoms with E-state index in [1.807, 2.05) is 11.6 Å². The number of nitrogens with zero attached hydrogens (tertiary/aromatic N) is 2. The highest BCUT2D eigenvalue weighted by Gasteiger charge is 2.28. The summed E-state index contributed by atoms with van der Waals surface area (Å²) in [5.41, 5.74) is 1.37. The van der Waals surface area contributed by atoms with Crippen molar-refractivity contribution < 1.29 is 0 Å². The van der Waals surface area contributed by atoms with Crippen molar-refractivity contribution >= 4 is 11.6 Å². The van der Waals surface area contributed by atoms with E-state index in [9.17, 15) is 0 Å². The molecule has 0 fully saturated rings. The third-order valence-electron chi connectivity index (χ3n) is 4.35. The van der Waals surface area contributed by atoms with Gasteiger partial charge in [0.1, 0.15) is 0 Å². The van der Waals surface area contributed by atoms with Gasteiger partial charge in [-0.15, -0.1) is 0 Å². The molecule has 0 saturated carbocycles. The Hall–Kier alpha value is -0.500. The largest absolute Gasteiger partial charge is 0.325 e. The molecule has 2 nitrogen and oxygen atoms in total. The maximum Gasteiger partial charge on any atom is 0.202 e. The lowest BCUT2D eigenvalue weighted by atomic mass is 9.77. The number of hydrogen-bond acceptors (Lipinski definition) is 1. The standard InChI is InChI=1S/C17H31ClN2/c1-5-7-9-11-13-17(3,12-10-8-6-2)15-14-20(4)16(18)19-15/h14H,5-13H2,1-4H3. The summed E-state index contributed by atoms with van der Waals surface area (Å²) in [5.74, 6) is 0. The smallest absolute Gasteiger partial charge is 0.202 e. The fourth-order valence-corrected chi connectivity index (χ4v) is 2.96. The first-order valence-corrected chi connectivity index (χ1v) is 8.60. The van der Waals surface area contributed by atoms with Crippen molar-refractivity contribution in [2.75, 3.05) is 0 Å². The van der Waals surface area contributed by atoms with Crippen LogP contribution in [0.3, 0.4) is 0 Å². The minimum atomic E-state index is 0.188. The molecule has 0 aliphatic heterocycles. The second-order valence-corrected chi connectivity index (χ2v) is 6.67. The number of hydrogen-bond donors (Lipinski definition) is 0. The minimum absolute atomic E-state index is 0.188. The molecule has 0 radical (unpaired) electrons. The van der Waals surface area contributed by atoms with E-state index < -0.39 is 0 Å². The van der Waals surface area contributed by atoms with Crippen molar-refractivity contribution in [1.82, 2.24) is 9.55 Å². The first-order valence-electron chi connectivity index (χ1n) is 8.23. The van der Waals surface area contributed by atoms with Crippen LogP contribution in [0.15, 0.2) is 6.20 Å². The van der Waals surface area contributed by atoms with Crippen LogP contribution in [-0.2, 0) is 12.5 Å². The molecule has 0 saturated heterocycles. The number of rotatable bonds is 10. The second kappa shape index (κ2) is 8.71. The number of aromatic nitrogens is 2. The molecule has 1 unspecified atom stereocenters. The molecule has 1 aromatic rings. The van der Waals surface area contributed by atoms with Crippen LogP contribution in [0, 0.1) is 0 Å². The first kappa shape index (κ1) is 17.6.